The van der Waals surface area contributed by atoms with Crippen LogP contribution in [-0.2, 0) is 0 Å². The summed E-state index contributed by atoms with van der Waals surface area (Å²) in [5.41, 5.74) is 2.08. The molecule has 0 saturated carbocycles. The molecule has 4 rings (SSSR count). The summed E-state index contributed by atoms with van der Waals surface area (Å²) in [7, 11) is 0. The van der Waals surface area contributed by atoms with Crippen molar-refractivity contribution in [3.8, 4) is 11.4 Å². The highest BCUT2D eigenvalue weighted by atomic mass is 19.1. The van der Waals surface area contributed by atoms with Gasteiger partial charge in [-0.05, 0) is 55.5 Å². The fourth-order valence-corrected chi connectivity index (χ4v) is 3.24. The zero-order chi connectivity index (χ0) is 23.5. The summed E-state index contributed by atoms with van der Waals surface area (Å²) in [6, 6.07) is 15.2. The molecule has 0 bridgehead atoms. The first-order valence-corrected chi connectivity index (χ1v) is 9.83. The zero-order valence-electron chi connectivity index (χ0n) is 17.3. The molecule has 1 heterocycles. The molecule has 0 spiro atoms. The number of amides is 2. The molecule has 0 aliphatic carbocycles. The molecule has 0 saturated heterocycles. The van der Waals surface area contributed by atoms with Gasteiger partial charge in [-0.1, -0.05) is 6.07 Å². The lowest BCUT2D eigenvalue weighted by Crippen LogP contribution is -2.14. The molecular weight excluding hydrogens is 430 g/mol. The Labute approximate surface area is 187 Å². The van der Waals surface area contributed by atoms with Crippen molar-refractivity contribution < 1.29 is 23.5 Å². The Bertz CT molecular complexity index is 1350. The molecule has 3 N–H and O–H groups in total. The molecule has 9 heteroatoms. The molecule has 7 nitrogen and oxygen atoms in total. The highest BCUT2D eigenvalue weighted by Crippen LogP contribution is 2.24. The average Bonchev–Trinajstić information content (AvgIpc) is 3.19. The van der Waals surface area contributed by atoms with Crippen molar-refractivity contribution in [2.24, 2.45) is 0 Å². The number of rotatable bonds is 5. The number of phenolic OH excluding ortho intramolecular Hbond substituents is 1. The highest BCUT2D eigenvalue weighted by molar-refractivity contribution is 6.08. The van der Waals surface area contributed by atoms with Crippen LogP contribution in [0.4, 0.5) is 20.2 Å². The predicted molar refractivity (Wildman–Crippen MR) is 119 cm³/mol. The predicted octanol–water partition coefficient (Wildman–Crippen LogP) is 4.67. The number of hydrogen-bond donors (Lipinski definition) is 3. The van der Waals surface area contributed by atoms with E-state index in [1.165, 1.54) is 18.2 Å². The molecule has 1 aromatic heterocycles. The van der Waals surface area contributed by atoms with Crippen LogP contribution in [0.3, 0.4) is 0 Å². The van der Waals surface area contributed by atoms with E-state index >= 15 is 0 Å². The second kappa shape index (κ2) is 8.91. The standard InChI is InChI=1S/C24H18F2N4O3/c1-14-7-8-27-30(14)20-4-2-3-18(12-20)29-24(33)21-6-5-19(13-22(21)31)28-23(32)15-9-16(25)11-17(26)10-15/h2-13,31H,1H3,(H,28,32)(H,29,33). The lowest BCUT2D eigenvalue weighted by atomic mass is 10.1. The molecule has 0 aliphatic heterocycles. The van der Waals surface area contributed by atoms with Crippen LogP contribution in [0.15, 0.2) is 72.9 Å². The summed E-state index contributed by atoms with van der Waals surface area (Å²) in [4.78, 5) is 24.9. The zero-order valence-corrected chi connectivity index (χ0v) is 17.3. The van der Waals surface area contributed by atoms with Crippen LogP contribution in [0.5, 0.6) is 5.75 Å². The van der Waals surface area contributed by atoms with E-state index in [0.717, 1.165) is 23.5 Å². The van der Waals surface area contributed by atoms with Crippen LogP contribution in [0.25, 0.3) is 5.69 Å². The molecule has 0 unspecified atom stereocenters. The summed E-state index contributed by atoms with van der Waals surface area (Å²) in [6.07, 6.45) is 1.67. The summed E-state index contributed by atoms with van der Waals surface area (Å²) in [5.74, 6) is -3.49. The molecule has 4 aromatic rings. The lowest BCUT2D eigenvalue weighted by Gasteiger charge is -2.11. The Balaban J connectivity index is 1.48. The van der Waals surface area contributed by atoms with Crippen LogP contribution in [0.2, 0.25) is 0 Å². The third-order valence-electron chi connectivity index (χ3n) is 4.81. The number of aryl methyl sites for hydroxylation is 1. The largest absolute Gasteiger partial charge is 0.507 e. The van der Waals surface area contributed by atoms with Crippen molar-refractivity contribution >= 4 is 23.2 Å². The second-order valence-corrected chi connectivity index (χ2v) is 7.23. The molecule has 0 fully saturated rings. The van der Waals surface area contributed by atoms with Gasteiger partial charge >= 0.3 is 0 Å². The van der Waals surface area contributed by atoms with Gasteiger partial charge in [-0.25, -0.2) is 13.5 Å². The monoisotopic (exact) mass is 448 g/mol. The first kappa shape index (κ1) is 21.7. The molecule has 0 radical (unpaired) electrons. The van der Waals surface area contributed by atoms with Gasteiger partial charge in [0, 0.05) is 41.0 Å². The Morgan fingerprint density at radius 1 is 0.879 bits per heavy atom. The van der Waals surface area contributed by atoms with Crippen LogP contribution in [-0.4, -0.2) is 26.7 Å². The third kappa shape index (κ3) is 4.87. The minimum Gasteiger partial charge on any atom is -0.507 e. The fourth-order valence-electron chi connectivity index (χ4n) is 3.24. The molecule has 0 atom stereocenters. The van der Waals surface area contributed by atoms with Crippen molar-refractivity contribution in [1.29, 1.82) is 0 Å². The maximum atomic E-state index is 13.3. The molecule has 2 amide bonds. The van der Waals surface area contributed by atoms with Gasteiger partial charge in [0.15, 0.2) is 0 Å². The van der Waals surface area contributed by atoms with Gasteiger partial charge in [-0.15, -0.1) is 0 Å². The van der Waals surface area contributed by atoms with E-state index in [1.54, 1.807) is 29.1 Å². The maximum Gasteiger partial charge on any atom is 0.259 e. The number of hydrogen-bond acceptors (Lipinski definition) is 4. The Morgan fingerprint density at radius 3 is 2.24 bits per heavy atom. The van der Waals surface area contributed by atoms with Gasteiger partial charge in [0.25, 0.3) is 11.8 Å². The van der Waals surface area contributed by atoms with Crippen LogP contribution in [0.1, 0.15) is 26.4 Å². The van der Waals surface area contributed by atoms with Crippen LogP contribution >= 0.6 is 0 Å². The van der Waals surface area contributed by atoms with Gasteiger partial charge < -0.3 is 15.7 Å². The Hall–Kier alpha value is -4.53. The van der Waals surface area contributed by atoms with Crippen molar-refractivity contribution in [3.63, 3.8) is 0 Å². The first-order valence-electron chi connectivity index (χ1n) is 9.83. The number of carbonyl (C=O) groups excluding carboxylic acids is 2. The minimum absolute atomic E-state index is 0.0227. The Morgan fingerprint density at radius 2 is 1.58 bits per heavy atom. The van der Waals surface area contributed by atoms with Crippen molar-refractivity contribution in [1.82, 2.24) is 9.78 Å². The average molecular weight is 448 g/mol. The number of nitrogens with one attached hydrogen (secondary N) is 2. The van der Waals surface area contributed by atoms with Crippen molar-refractivity contribution in [2.45, 2.75) is 6.92 Å². The topological polar surface area (TPSA) is 96.3 Å². The number of carbonyl (C=O) groups is 2. The van der Waals surface area contributed by atoms with E-state index in [0.29, 0.717) is 11.8 Å². The van der Waals surface area contributed by atoms with Crippen molar-refractivity contribution in [2.75, 3.05) is 10.6 Å². The summed E-state index contributed by atoms with van der Waals surface area (Å²) in [6.45, 7) is 1.90. The summed E-state index contributed by atoms with van der Waals surface area (Å²) in [5, 5.41) is 19.7. The van der Waals surface area contributed by atoms with E-state index in [9.17, 15) is 23.5 Å². The Kier molecular flexibility index (Phi) is 5.86. The van der Waals surface area contributed by atoms with E-state index < -0.39 is 23.4 Å². The number of aromatic hydroxyl groups is 1. The smallest absolute Gasteiger partial charge is 0.259 e. The SMILES string of the molecule is Cc1ccnn1-c1cccc(NC(=O)c2ccc(NC(=O)c3cc(F)cc(F)c3)cc2O)c1. The minimum atomic E-state index is -0.887. The summed E-state index contributed by atoms with van der Waals surface area (Å²) >= 11 is 0. The van der Waals surface area contributed by atoms with E-state index in [1.807, 2.05) is 19.1 Å². The van der Waals surface area contributed by atoms with Gasteiger partial charge in [0.05, 0.1) is 11.3 Å². The number of benzene rings is 3. The van der Waals surface area contributed by atoms with E-state index in [4.69, 9.17) is 0 Å². The molecule has 0 aliphatic rings. The molecule has 3 aromatic carbocycles. The normalized spacial score (nSPS) is 10.6. The number of halogens is 2. The number of nitrogens with zero attached hydrogens (tertiary/aromatic N) is 2. The number of phenols is 1. The second-order valence-electron chi connectivity index (χ2n) is 7.23. The van der Waals surface area contributed by atoms with Gasteiger partial charge in [0.1, 0.15) is 17.4 Å². The van der Waals surface area contributed by atoms with Gasteiger partial charge in [-0.3, -0.25) is 9.59 Å². The first-order chi connectivity index (χ1) is 15.8. The van der Waals surface area contributed by atoms with E-state index in [2.05, 4.69) is 15.7 Å². The quantitative estimate of drug-likeness (QED) is 0.413. The van der Waals surface area contributed by atoms with Crippen molar-refractivity contribution in [3.05, 3.63) is 101 Å². The third-order valence-corrected chi connectivity index (χ3v) is 4.81. The lowest BCUT2D eigenvalue weighted by molar-refractivity contribution is 0.101. The number of aromatic nitrogens is 2. The van der Waals surface area contributed by atoms with E-state index in [-0.39, 0.29) is 22.6 Å². The van der Waals surface area contributed by atoms with Crippen LogP contribution < -0.4 is 10.6 Å². The highest BCUT2D eigenvalue weighted by Gasteiger charge is 2.15. The fraction of sp³-hybridized carbons (Fsp3) is 0.0417. The van der Waals surface area contributed by atoms with Crippen LogP contribution in [0, 0.1) is 18.6 Å². The maximum absolute atomic E-state index is 13.3. The molecular formula is C24H18F2N4O3. The van der Waals surface area contributed by atoms with Gasteiger partial charge in [-0.2, -0.15) is 5.10 Å². The summed E-state index contributed by atoms with van der Waals surface area (Å²) < 4.78 is 28.4. The molecule has 33 heavy (non-hydrogen) atoms. The number of anilines is 2. The van der Waals surface area contributed by atoms with Gasteiger partial charge in [0.2, 0.25) is 0 Å². The molecule has 166 valence electrons.